The van der Waals surface area contributed by atoms with E-state index in [4.69, 9.17) is 9.47 Å². The predicted octanol–water partition coefficient (Wildman–Crippen LogP) is 2.03. The summed E-state index contributed by atoms with van der Waals surface area (Å²) in [5.74, 6) is 0.935. The molecule has 0 spiro atoms. The van der Waals surface area contributed by atoms with E-state index >= 15 is 0 Å². The summed E-state index contributed by atoms with van der Waals surface area (Å²) in [7, 11) is -0.778. The topological polar surface area (TPSA) is 82.5 Å². The van der Waals surface area contributed by atoms with Crippen LogP contribution in [0.5, 0.6) is 11.5 Å². The zero-order chi connectivity index (χ0) is 16.3. The molecular formula is C14H19N3O4S. The van der Waals surface area contributed by atoms with E-state index in [0.29, 0.717) is 29.4 Å². The van der Waals surface area contributed by atoms with E-state index in [1.165, 1.54) is 20.4 Å². The molecule has 0 amide bonds. The van der Waals surface area contributed by atoms with Crippen LogP contribution < -0.4 is 14.2 Å². The molecule has 0 bridgehead atoms. The quantitative estimate of drug-likeness (QED) is 0.878. The Morgan fingerprint density at radius 2 is 2.00 bits per heavy atom. The van der Waals surface area contributed by atoms with Gasteiger partial charge in [-0.05, 0) is 26.0 Å². The number of anilines is 1. The fraction of sp³-hybridized carbons (Fsp3) is 0.357. The molecule has 0 aliphatic carbocycles. The van der Waals surface area contributed by atoms with E-state index in [0.717, 1.165) is 0 Å². The van der Waals surface area contributed by atoms with Crippen molar-refractivity contribution in [3.63, 3.8) is 0 Å². The molecule has 0 atom stereocenters. The fourth-order valence-electron chi connectivity index (χ4n) is 2.02. The van der Waals surface area contributed by atoms with Gasteiger partial charge in [-0.3, -0.25) is 9.40 Å². The van der Waals surface area contributed by atoms with Crippen LogP contribution in [-0.2, 0) is 16.6 Å². The maximum absolute atomic E-state index is 12.6. The summed E-state index contributed by atoms with van der Waals surface area (Å²) in [4.78, 5) is 0.138. The zero-order valence-corrected chi connectivity index (χ0v) is 13.8. The van der Waals surface area contributed by atoms with Crippen molar-refractivity contribution >= 4 is 15.7 Å². The van der Waals surface area contributed by atoms with Crippen molar-refractivity contribution in [1.82, 2.24) is 9.78 Å². The number of rotatable bonds is 6. The van der Waals surface area contributed by atoms with E-state index in [1.54, 1.807) is 29.8 Å². The van der Waals surface area contributed by atoms with Gasteiger partial charge in [-0.2, -0.15) is 5.10 Å². The lowest BCUT2D eigenvalue weighted by molar-refractivity contribution is 0.405. The minimum absolute atomic E-state index is 0.138. The van der Waals surface area contributed by atoms with Gasteiger partial charge in [0, 0.05) is 18.8 Å². The molecule has 0 unspecified atom stereocenters. The minimum Gasteiger partial charge on any atom is -0.497 e. The molecule has 0 fully saturated rings. The molecule has 1 aromatic heterocycles. The first-order valence-electron chi connectivity index (χ1n) is 6.70. The Balaban J connectivity index is 2.41. The van der Waals surface area contributed by atoms with Crippen LogP contribution in [0.15, 0.2) is 29.3 Å². The first kappa shape index (κ1) is 16.2. The Bertz CT molecular complexity index is 768. The summed E-state index contributed by atoms with van der Waals surface area (Å²) in [6.07, 6.45) is 1.50. The van der Waals surface area contributed by atoms with Gasteiger partial charge >= 0.3 is 0 Å². The highest BCUT2D eigenvalue weighted by Crippen LogP contribution is 2.31. The maximum atomic E-state index is 12.6. The third-order valence-corrected chi connectivity index (χ3v) is 4.63. The Labute approximate surface area is 129 Å². The monoisotopic (exact) mass is 325 g/mol. The van der Waals surface area contributed by atoms with Gasteiger partial charge in [0.2, 0.25) is 0 Å². The summed E-state index contributed by atoms with van der Waals surface area (Å²) in [5, 5.41) is 4.15. The zero-order valence-electron chi connectivity index (χ0n) is 13.0. The molecule has 8 heteroatoms. The molecule has 2 aromatic rings. The van der Waals surface area contributed by atoms with Crippen molar-refractivity contribution in [1.29, 1.82) is 0 Å². The molecule has 1 N–H and O–H groups in total. The summed E-state index contributed by atoms with van der Waals surface area (Å²) < 4.78 is 39.5. The minimum atomic E-state index is -3.76. The van der Waals surface area contributed by atoms with Crippen molar-refractivity contribution < 1.29 is 17.9 Å². The number of methoxy groups -OCH3 is 2. The predicted molar refractivity (Wildman–Crippen MR) is 83.0 cm³/mol. The standard InChI is InChI=1S/C14H19N3O4S/c1-5-17-9-14(10(2)15-17)22(18,19)16-12-8-11(20-3)6-7-13(12)21-4/h6-9,16H,5H2,1-4H3. The average molecular weight is 325 g/mol. The highest BCUT2D eigenvalue weighted by atomic mass is 32.2. The number of aromatic nitrogens is 2. The highest BCUT2D eigenvalue weighted by molar-refractivity contribution is 7.92. The number of hydrogen-bond donors (Lipinski definition) is 1. The molecule has 22 heavy (non-hydrogen) atoms. The molecule has 0 aliphatic heterocycles. The van der Waals surface area contributed by atoms with Gasteiger partial charge in [-0.15, -0.1) is 0 Å². The second kappa shape index (κ2) is 6.27. The largest absolute Gasteiger partial charge is 0.497 e. The highest BCUT2D eigenvalue weighted by Gasteiger charge is 2.22. The molecule has 0 saturated heterocycles. The lowest BCUT2D eigenvalue weighted by Crippen LogP contribution is -2.14. The van der Waals surface area contributed by atoms with Crippen LogP contribution in [-0.4, -0.2) is 32.4 Å². The van der Waals surface area contributed by atoms with Gasteiger partial charge < -0.3 is 9.47 Å². The van der Waals surface area contributed by atoms with Crippen LogP contribution in [0.2, 0.25) is 0 Å². The van der Waals surface area contributed by atoms with Crippen LogP contribution in [0.25, 0.3) is 0 Å². The Hall–Kier alpha value is -2.22. The third kappa shape index (κ3) is 3.16. The van der Waals surface area contributed by atoms with Gasteiger partial charge in [0.25, 0.3) is 10.0 Å². The second-order valence-electron chi connectivity index (χ2n) is 4.61. The SMILES string of the molecule is CCn1cc(S(=O)(=O)Nc2cc(OC)ccc2OC)c(C)n1. The first-order chi connectivity index (χ1) is 10.4. The molecule has 7 nitrogen and oxygen atoms in total. The van der Waals surface area contributed by atoms with Gasteiger partial charge in [-0.1, -0.05) is 0 Å². The van der Waals surface area contributed by atoms with Crippen molar-refractivity contribution in [2.45, 2.75) is 25.3 Å². The number of nitrogens with one attached hydrogen (secondary N) is 1. The smallest absolute Gasteiger partial charge is 0.265 e. The molecule has 0 saturated carbocycles. The van der Waals surface area contributed by atoms with Crippen molar-refractivity contribution in [2.24, 2.45) is 0 Å². The second-order valence-corrected chi connectivity index (χ2v) is 6.26. The summed E-state index contributed by atoms with van der Waals surface area (Å²) in [6, 6.07) is 4.89. The van der Waals surface area contributed by atoms with Gasteiger partial charge in [0.05, 0.1) is 25.6 Å². The molecule has 0 aliphatic rings. The van der Waals surface area contributed by atoms with Crippen LogP contribution in [0.1, 0.15) is 12.6 Å². The summed E-state index contributed by atoms with van der Waals surface area (Å²) in [6.45, 7) is 4.14. The number of hydrogen-bond acceptors (Lipinski definition) is 5. The molecule has 120 valence electrons. The lowest BCUT2D eigenvalue weighted by atomic mass is 10.3. The summed E-state index contributed by atoms with van der Waals surface area (Å²) in [5.41, 5.74) is 0.752. The number of benzene rings is 1. The third-order valence-electron chi connectivity index (χ3n) is 3.17. The Morgan fingerprint density at radius 1 is 1.27 bits per heavy atom. The van der Waals surface area contributed by atoms with Crippen LogP contribution in [0.3, 0.4) is 0 Å². The van der Waals surface area contributed by atoms with E-state index < -0.39 is 10.0 Å². The molecule has 0 radical (unpaired) electrons. The van der Waals surface area contributed by atoms with E-state index in [2.05, 4.69) is 9.82 Å². The normalized spacial score (nSPS) is 11.3. The van der Waals surface area contributed by atoms with Crippen molar-refractivity contribution in [3.8, 4) is 11.5 Å². The number of aryl methyl sites for hydroxylation is 2. The van der Waals surface area contributed by atoms with Crippen LogP contribution in [0, 0.1) is 6.92 Å². The maximum Gasteiger partial charge on any atom is 0.265 e. The lowest BCUT2D eigenvalue weighted by Gasteiger charge is -2.12. The number of ether oxygens (including phenoxy) is 2. The van der Waals surface area contributed by atoms with Gasteiger partial charge in [0.15, 0.2) is 0 Å². The van der Waals surface area contributed by atoms with Crippen LogP contribution >= 0.6 is 0 Å². The number of nitrogens with zero attached hydrogens (tertiary/aromatic N) is 2. The van der Waals surface area contributed by atoms with Gasteiger partial charge in [0.1, 0.15) is 16.4 Å². The van der Waals surface area contributed by atoms with Crippen molar-refractivity contribution in [2.75, 3.05) is 18.9 Å². The summed E-state index contributed by atoms with van der Waals surface area (Å²) >= 11 is 0. The Morgan fingerprint density at radius 3 is 2.55 bits per heavy atom. The fourth-order valence-corrected chi connectivity index (χ4v) is 3.27. The van der Waals surface area contributed by atoms with Crippen LogP contribution in [0.4, 0.5) is 5.69 Å². The number of sulfonamides is 1. The van der Waals surface area contributed by atoms with E-state index in [9.17, 15) is 8.42 Å². The molecule has 1 aromatic carbocycles. The van der Waals surface area contributed by atoms with Gasteiger partial charge in [-0.25, -0.2) is 8.42 Å². The average Bonchev–Trinajstić information content (AvgIpc) is 2.88. The molecular weight excluding hydrogens is 306 g/mol. The van der Waals surface area contributed by atoms with E-state index in [1.807, 2.05) is 6.92 Å². The van der Waals surface area contributed by atoms with E-state index in [-0.39, 0.29) is 4.90 Å². The molecule has 2 rings (SSSR count). The first-order valence-corrected chi connectivity index (χ1v) is 8.18. The molecule has 1 heterocycles. The Kier molecular flexibility index (Phi) is 4.60. The van der Waals surface area contributed by atoms with Crippen molar-refractivity contribution in [3.05, 3.63) is 30.1 Å².